The minimum absolute atomic E-state index is 0.00277. The third-order valence-electron chi connectivity index (χ3n) is 23.4. The monoisotopic (exact) mass is 1250 g/mol. The van der Waals surface area contributed by atoms with E-state index < -0.39 is 54.5 Å². The standard InChI is InChI=1S/C73H90N2O12S2/c1-70(2)60-44-48(68(78)86-50-22-26-52-46(42-50)18-24-56-54(52)34-36-72(5)58(56)28-32-66(72)76)20-30-62(60)74(38-12-14-40-88(80,81)82)64(70)16-10-8-7-9-11-17-65-71(3,4)61-45-49(21-31-63(61)75(65)39-13-15-41-89(83,84)85)69(79)87-51-23-27-53-47(43-51)19-25-57-55(53)35-37-73(6)59(57)29-33-67(73)77/h7-11,16-17,20-23,26-27,30-31,42-45,54-59,64,66-67,76-77H,12-15,18-19,24-25,28-29,32-41H2,1-6H3,(H,80,81,82)(H,83,84,85)/p-1/b8-7+,11-9+,16-10+,65-17-/t54?,55?,56?,57?,58?,59?,64?,66-,67-,72-,73-/m0/s1. The minimum Gasteiger partial charge on any atom is -0.748 e. The van der Waals surface area contributed by atoms with Gasteiger partial charge in [-0.2, -0.15) is 0 Å². The number of aryl methyl sites for hydroxylation is 2. The molecule has 0 aromatic heterocycles. The molecule has 2 aliphatic heterocycles. The number of hydrogen-bond donors (Lipinski definition) is 3. The molecule has 0 spiro atoms. The summed E-state index contributed by atoms with van der Waals surface area (Å²) < 4.78 is 81.8. The maximum Gasteiger partial charge on any atom is 0.343 e. The molecule has 4 fully saturated rings. The Morgan fingerprint density at radius 1 is 0.607 bits per heavy atom. The van der Waals surface area contributed by atoms with E-state index in [0.29, 0.717) is 84.1 Å². The van der Waals surface area contributed by atoms with E-state index in [4.69, 9.17) is 9.47 Å². The highest BCUT2D eigenvalue weighted by Crippen LogP contribution is 2.63. The number of aliphatic hydroxyl groups is 2. The quantitative estimate of drug-likeness (QED) is 0.0278. The second-order valence-corrected chi connectivity index (χ2v) is 32.0. The average molecular weight is 1250 g/mol. The first-order chi connectivity index (χ1) is 42.2. The van der Waals surface area contributed by atoms with Crippen LogP contribution in [0.3, 0.4) is 0 Å². The van der Waals surface area contributed by atoms with Gasteiger partial charge >= 0.3 is 11.9 Å². The van der Waals surface area contributed by atoms with Crippen molar-refractivity contribution >= 4 is 43.5 Å². The normalized spacial score (nSPS) is 31.0. The highest BCUT2D eigenvalue weighted by Gasteiger charge is 2.56. The number of benzene rings is 4. The van der Waals surface area contributed by atoms with Crippen molar-refractivity contribution in [3.05, 3.63) is 166 Å². The zero-order valence-electron chi connectivity index (χ0n) is 52.5. The van der Waals surface area contributed by atoms with Crippen LogP contribution in [-0.2, 0) is 43.9 Å². The highest BCUT2D eigenvalue weighted by molar-refractivity contribution is 7.85. The molecule has 89 heavy (non-hydrogen) atoms. The largest absolute Gasteiger partial charge is 0.748 e. The lowest BCUT2D eigenvalue weighted by atomic mass is 9.55. The Hall–Kier alpha value is -5.72. The Kier molecular flexibility index (Phi) is 17.4. The van der Waals surface area contributed by atoms with Crippen LogP contribution in [0, 0.1) is 34.5 Å². The minimum atomic E-state index is -4.38. The predicted molar refractivity (Wildman–Crippen MR) is 343 cm³/mol. The molecule has 0 radical (unpaired) electrons. The van der Waals surface area contributed by atoms with E-state index in [9.17, 15) is 45.7 Å². The smallest absolute Gasteiger partial charge is 0.343 e. The van der Waals surface area contributed by atoms with Crippen LogP contribution >= 0.6 is 0 Å². The lowest BCUT2D eigenvalue weighted by molar-refractivity contribution is -0.850. The molecule has 3 N–H and O–H groups in total. The Morgan fingerprint density at radius 3 is 1.69 bits per heavy atom. The third kappa shape index (κ3) is 12.2. The number of hydrogen-bond acceptors (Lipinski definition) is 13. The molecular weight excluding hydrogens is 1160 g/mol. The molecule has 12 rings (SSSR count). The van der Waals surface area contributed by atoms with Gasteiger partial charge in [-0.05, 0) is 257 Å². The van der Waals surface area contributed by atoms with Crippen LogP contribution in [0.15, 0.2) is 121 Å². The maximum atomic E-state index is 14.0. The van der Waals surface area contributed by atoms with E-state index >= 15 is 0 Å². The Bertz CT molecular complexity index is 3770. The lowest BCUT2D eigenvalue weighted by Crippen LogP contribution is -3.10. The van der Waals surface area contributed by atoms with Gasteiger partial charge in [-0.15, -0.1) is 0 Å². The van der Waals surface area contributed by atoms with Gasteiger partial charge in [0.25, 0.3) is 0 Å². The molecule has 6 aliphatic carbocycles. The second kappa shape index (κ2) is 24.4. The number of anilines is 1. The Morgan fingerprint density at radius 2 is 1.12 bits per heavy atom. The van der Waals surface area contributed by atoms with Crippen molar-refractivity contribution in [3.8, 4) is 11.5 Å². The first-order valence-corrected chi connectivity index (χ1v) is 36.0. The van der Waals surface area contributed by atoms with Crippen LogP contribution in [0.5, 0.6) is 11.5 Å². The summed E-state index contributed by atoms with van der Waals surface area (Å²) >= 11 is 0. The maximum absolute atomic E-state index is 14.0. The number of nitrogens with zero attached hydrogens (tertiary/aromatic N) is 1. The van der Waals surface area contributed by atoms with Gasteiger partial charge < -0.3 is 33.7 Å². The molecule has 0 saturated heterocycles. The number of carbonyl (C=O) groups excluding carboxylic acids is 2. The highest BCUT2D eigenvalue weighted by atomic mass is 32.2. The van der Waals surface area contributed by atoms with Crippen molar-refractivity contribution < 1.29 is 60.1 Å². The molecule has 476 valence electrons. The van der Waals surface area contributed by atoms with E-state index in [-0.39, 0.29) is 41.9 Å². The van der Waals surface area contributed by atoms with Crippen LogP contribution < -0.4 is 19.3 Å². The van der Waals surface area contributed by atoms with Crippen molar-refractivity contribution in [2.24, 2.45) is 34.5 Å². The summed E-state index contributed by atoms with van der Waals surface area (Å²) in [6.45, 7) is 14.1. The lowest BCUT2D eigenvalue weighted by Gasteiger charge is -2.50. The zero-order chi connectivity index (χ0) is 63.0. The predicted octanol–water partition coefficient (Wildman–Crippen LogP) is 11.7. The average Bonchev–Trinajstić information content (AvgIpc) is 1.74. The molecule has 16 heteroatoms. The number of nitrogens with one attached hydrogen (secondary N) is 1. The van der Waals surface area contributed by atoms with Crippen molar-refractivity contribution in [2.45, 2.75) is 185 Å². The van der Waals surface area contributed by atoms with Crippen molar-refractivity contribution in [1.29, 1.82) is 0 Å². The first-order valence-electron chi connectivity index (χ1n) is 32.8. The SMILES string of the molecule is CC1(C)/C(=C/C=C/C=C/C=C/C2[NH+](CCCCS(=O)(=O)[O-])c3ccc(C(=O)Oc4ccc5c(c4)CCC4C5CC[C@@]5(C)C4CC[C@@H]5O)cc3C2(C)C)N(CCCCS(=O)(=O)[O-])c2ccc(C(=O)Oc3ccc4c(c3)CCC3C4CC[C@@]4(C)C3CC[C@@H]4O)cc21. The number of unbranched alkanes of at least 4 members (excludes halogenated alkanes) is 2. The molecule has 4 aromatic carbocycles. The number of ether oxygens (including phenoxy) is 2. The van der Waals surface area contributed by atoms with Crippen molar-refractivity contribution in [1.82, 2.24) is 0 Å². The van der Waals surface area contributed by atoms with E-state index in [1.807, 2.05) is 85.0 Å². The fraction of sp³-hybridized carbons (Fsp3) is 0.534. The van der Waals surface area contributed by atoms with Crippen molar-refractivity contribution in [3.63, 3.8) is 0 Å². The van der Waals surface area contributed by atoms with E-state index in [1.165, 1.54) is 22.3 Å². The van der Waals surface area contributed by atoms with Crippen LogP contribution in [0.2, 0.25) is 0 Å². The molecule has 8 unspecified atom stereocenters. The molecule has 12 atom stereocenters. The van der Waals surface area contributed by atoms with Gasteiger partial charge in [-0.3, -0.25) is 4.90 Å². The summed E-state index contributed by atoms with van der Waals surface area (Å²) in [5.74, 6) is 2.34. The van der Waals surface area contributed by atoms with E-state index in [1.54, 1.807) is 12.1 Å². The number of quaternary nitrogens is 1. The fourth-order valence-corrected chi connectivity index (χ4v) is 19.7. The number of rotatable bonds is 18. The second-order valence-electron chi connectivity index (χ2n) is 29.0. The van der Waals surface area contributed by atoms with Crippen LogP contribution in [0.1, 0.15) is 197 Å². The zero-order valence-corrected chi connectivity index (χ0v) is 54.2. The topological polar surface area (TPSA) is 215 Å². The van der Waals surface area contributed by atoms with Gasteiger partial charge in [-0.1, -0.05) is 70.2 Å². The van der Waals surface area contributed by atoms with Gasteiger partial charge in [0.2, 0.25) is 0 Å². The molecule has 2 heterocycles. The molecule has 8 aliphatic rings. The number of aliphatic hydroxyl groups excluding tert-OH is 2. The number of allylic oxidation sites excluding steroid dienone is 7. The summed E-state index contributed by atoms with van der Waals surface area (Å²) in [5, 5.41) is 21.8. The van der Waals surface area contributed by atoms with Gasteiger partial charge in [-0.25, -0.2) is 26.4 Å². The van der Waals surface area contributed by atoms with Crippen LogP contribution in [0.25, 0.3) is 0 Å². The molecule has 14 nitrogen and oxygen atoms in total. The van der Waals surface area contributed by atoms with Gasteiger partial charge in [0.05, 0.1) is 55.5 Å². The summed E-state index contributed by atoms with van der Waals surface area (Å²) in [4.78, 5) is 31.3. The van der Waals surface area contributed by atoms with Gasteiger partial charge in [0.15, 0.2) is 0 Å². The summed E-state index contributed by atoms with van der Waals surface area (Å²) in [5.41, 5.74) is 9.67. The molecule has 4 aromatic rings. The summed E-state index contributed by atoms with van der Waals surface area (Å²) in [6.07, 6.45) is 26.9. The Balaban J connectivity index is 0.728. The number of fused-ring (bicyclic) bond motifs is 12. The van der Waals surface area contributed by atoms with E-state index in [0.717, 1.165) is 110 Å². The van der Waals surface area contributed by atoms with Crippen molar-refractivity contribution in [2.75, 3.05) is 29.5 Å². The summed E-state index contributed by atoms with van der Waals surface area (Å²) in [6, 6.07) is 23.4. The van der Waals surface area contributed by atoms with Gasteiger partial charge in [0.1, 0.15) is 23.2 Å². The van der Waals surface area contributed by atoms with Gasteiger partial charge in [0, 0.05) is 46.5 Å². The van der Waals surface area contributed by atoms with Crippen LogP contribution in [-0.4, -0.2) is 90.9 Å². The molecule has 0 amide bonds. The summed E-state index contributed by atoms with van der Waals surface area (Å²) in [7, 11) is -8.75. The molecule has 4 saturated carbocycles. The Labute approximate surface area is 527 Å². The molecular formula is C73H89N2O12S2-. The first kappa shape index (κ1) is 63.4. The number of carbonyl (C=O) groups is 2. The third-order valence-corrected chi connectivity index (χ3v) is 25.0. The fourth-order valence-electron chi connectivity index (χ4n) is 18.6. The van der Waals surface area contributed by atoms with E-state index in [2.05, 4.69) is 64.7 Å². The van der Waals surface area contributed by atoms with Crippen LogP contribution in [0.4, 0.5) is 11.4 Å². The number of esters is 2. The molecule has 0 bridgehead atoms.